The van der Waals surface area contributed by atoms with Gasteiger partial charge in [-0.15, -0.1) is 11.3 Å². The first-order valence-corrected chi connectivity index (χ1v) is 4.00. The predicted octanol–water partition coefficient (Wildman–Crippen LogP) is -0.279. The van der Waals surface area contributed by atoms with Crippen molar-refractivity contribution in [1.29, 1.82) is 0 Å². The van der Waals surface area contributed by atoms with E-state index in [1.165, 1.54) is 4.70 Å². The summed E-state index contributed by atoms with van der Waals surface area (Å²) >= 11 is 1.74. The second-order valence-corrected chi connectivity index (χ2v) is 3.44. The molecule has 0 saturated carbocycles. The van der Waals surface area contributed by atoms with Gasteiger partial charge in [0.05, 0.1) is 15.2 Å². The number of fused-ring (bicyclic) bond motifs is 1. The van der Waals surface area contributed by atoms with Crippen molar-refractivity contribution < 1.29 is 31.0 Å². The summed E-state index contributed by atoms with van der Waals surface area (Å²) in [5.74, 6) is 0. The van der Waals surface area contributed by atoms with Crippen LogP contribution in [-0.2, 0) is 0 Å². The molecule has 1 nitrogen and oxygen atoms in total. The fourth-order valence-electron chi connectivity index (χ4n) is 0.987. The summed E-state index contributed by atoms with van der Waals surface area (Å²) in [7, 11) is 0. The van der Waals surface area contributed by atoms with E-state index in [4.69, 9.17) is 0 Å². The van der Waals surface area contributed by atoms with Crippen molar-refractivity contribution >= 4 is 21.6 Å². The number of nitrogens with zero attached hydrogens (tertiary/aromatic N) is 1. The van der Waals surface area contributed by atoms with Crippen LogP contribution in [0.25, 0.3) is 10.2 Å². The minimum Gasteiger partial charge on any atom is -1.00 e. The number of aryl methyl sites for hydroxylation is 1. The number of aromatic nitrogens is 1. The van der Waals surface area contributed by atoms with E-state index in [-0.39, 0.29) is 31.0 Å². The molecule has 0 aliphatic heterocycles. The Bertz CT molecular complexity index is 328. The van der Waals surface area contributed by atoms with Crippen LogP contribution in [0.1, 0.15) is 6.43 Å². The van der Waals surface area contributed by atoms with Crippen LogP contribution in [0.4, 0.5) is 0 Å². The average Bonchev–Trinajstić information content (AvgIpc) is 2.27. The van der Waals surface area contributed by atoms with Crippen LogP contribution >= 0.6 is 11.3 Å². The van der Waals surface area contributed by atoms with E-state index < -0.39 is 0 Å². The largest absolute Gasteiger partial charge is 1.00 e. The average molecular weight is 173 g/mol. The Morgan fingerprint density at radius 3 is 2.82 bits per heavy atom. The standard InChI is InChI=1S/C8H7NS.Na.H/c1-6-9-7-4-2-3-5-8(7)10-6;;/h2-5H,1H3;;/q;+1;-1. The minimum atomic E-state index is 0. The van der Waals surface area contributed by atoms with E-state index in [1.807, 2.05) is 25.1 Å². The van der Waals surface area contributed by atoms with Crippen LogP contribution < -0.4 is 29.6 Å². The zero-order valence-corrected chi connectivity index (χ0v) is 9.48. The van der Waals surface area contributed by atoms with Gasteiger partial charge < -0.3 is 1.43 Å². The molecule has 0 fully saturated rings. The van der Waals surface area contributed by atoms with E-state index in [0.29, 0.717) is 0 Å². The van der Waals surface area contributed by atoms with E-state index >= 15 is 0 Å². The molecule has 3 heteroatoms. The fourth-order valence-corrected chi connectivity index (χ4v) is 1.81. The van der Waals surface area contributed by atoms with Gasteiger partial charge in [-0.3, -0.25) is 0 Å². The van der Waals surface area contributed by atoms with Crippen molar-refractivity contribution in [3.63, 3.8) is 0 Å². The molecule has 0 atom stereocenters. The molecule has 0 N–H and O–H groups in total. The molecule has 11 heavy (non-hydrogen) atoms. The van der Waals surface area contributed by atoms with Crippen molar-refractivity contribution in [1.82, 2.24) is 4.98 Å². The first kappa shape index (κ1) is 9.20. The van der Waals surface area contributed by atoms with Gasteiger partial charge in [0.15, 0.2) is 0 Å². The van der Waals surface area contributed by atoms with Crippen LogP contribution in [0.5, 0.6) is 0 Å². The molecule has 0 saturated heterocycles. The molecule has 1 aromatic carbocycles. The monoisotopic (exact) mass is 173 g/mol. The second-order valence-electron chi connectivity index (χ2n) is 2.20. The normalized spacial score (nSPS) is 9.55. The van der Waals surface area contributed by atoms with Gasteiger partial charge in [-0.05, 0) is 19.1 Å². The van der Waals surface area contributed by atoms with Gasteiger partial charge in [0.25, 0.3) is 0 Å². The molecular formula is C8H8NNaS. The summed E-state index contributed by atoms with van der Waals surface area (Å²) in [6.07, 6.45) is 0. The summed E-state index contributed by atoms with van der Waals surface area (Å²) < 4.78 is 1.28. The van der Waals surface area contributed by atoms with Gasteiger partial charge in [0.2, 0.25) is 0 Å². The molecule has 2 aromatic rings. The van der Waals surface area contributed by atoms with E-state index in [0.717, 1.165) is 10.5 Å². The zero-order valence-electron chi connectivity index (χ0n) is 7.66. The van der Waals surface area contributed by atoms with Gasteiger partial charge >= 0.3 is 29.6 Å². The Balaban J connectivity index is 0.000000605. The summed E-state index contributed by atoms with van der Waals surface area (Å²) in [5.41, 5.74) is 1.12. The van der Waals surface area contributed by atoms with Gasteiger partial charge in [-0.25, -0.2) is 4.98 Å². The molecular weight excluding hydrogens is 165 g/mol. The number of para-hydroxylation sites is 1. The van der Waals surface area contributed by atoms with Crippen LogP contribution in [-0.4, -0.2) is 4.98 Å². The van der Waals surface area contributed by atoms with Crippen molar-refractivity contribution in [3.05, 3.63) is 29.3 Å². The molecule has 0 aliphatic rings. The minimum absolute atomic E-state index is 0. The van der Waals surface area contributed by atoms with E-state index in [2.05, 4.69) is 11.1 Å². The van der Waals surface area contributed by atoms with Crippen molar-refractivity contribution in [2.24, 2.45) is 0 Å². The molecule has 0 bridgehead atoms. The van der Waals surface area contributed by atoms with Gasteiger partial charge in [-0.2, -0.15) is 0 Å². The molecule has 1 aromatic heterocycles. The Kier molecular flexibility index (Phi) is 3.07. The van der Waals surface area contributed by atoms with Gasteiger partial charge in [0, 0.05) is 0 Å². The molecule has 0 aliphatic carbocycles. The zero-order chi connectivity index (χ0) is 6.97. The third-order valence-corrected chi connectivity index (χ3v) is 2.35. The molecule has 1 heterocycles. The third kappa shape index (κ3) is 1.82. The maximum absolute atomic E-state index is 4.33. The fraction of sp³-hybridized carbons (Fsp3) is 0.125. The number of thiazole rings is 1. The predicted molar refractivity (Wildman–Crippen MR) is 45.5 cm³/mol. The molecule has 2 rings (SSSR count). The maximum Gasteiger partial charge on any atom is 1.00 e. The quantitative estimate of drug-likeness (QED) is 0.499. The first-order chi connectivity index (χ1) is 4.86. The number of hydrogen-bond donors (Lipinski definition) is 0. The van der Waals surface area contributed by atoms with Crippen molar-refractivity contribution in [3.8, 4) is 0 Å². The second kappa shape index (κ2) is 3.68. The van der Waals surface area contributed by atoms with Crippen LogP contribution in [0.3, 0.4) is 0 Å². The summed E-state index contributed by atoms with van der Waals surface area (Å²) in [6, 6.07) is 8.19. The Labute approximate surface area is 93.2 Å². The van der Waals surface area contributed by atoms with Crippen LogP contribution in [0, 0.1) is 6.92 Å². The Morgan fingerprint density at radius 1 is 1.36 bits per heavy atom. The van der Waals surface area contributed by atoms with Crippen LogP contribution in [0.15, 0.2) is 24.3 Å². The smallest absolute Gasteiger partial charge is 1.00 e. The molecule has 52 valence electrons. The summed E-state index contributed by atoms with van der Waals surface area (Å²) in [4.78, 5) is 4.33. The molecule has 0 unspecified atom stereocenters. The maximum atomic E-state index is 4.33. The van der Waals surface area contributed by atoms with Crippen LogP contribution in [0.2, 0.25) is 0 Å². The third-order valence-electron chi connectivity index (χ3n) is 1.40. The SMILES string of the molecule is Cc1nc2ccccc2s1.[H-].[Na+]. The summed E-state index contributed by atoms with van der Waals surface area (Å²) in [6.45, 7) is 2.03. The van der Waals surface area contributed by atoms with Crippen molar-refractivity contribution in [2.75, 3.05) is 0 Å². The van der Waals surface area contributed by atoms with Crippen molar-refractivity contribution in [2.45, 2.75) is 6.92 Å². The molecule has 0 spiro atoms. The topological polar surface area (TPSA) is 12.9 Å². The Morgan fingerprint density at radius 2 is 2.09 bits per heavy atom. The number of hydrogen-bond acceptors (Lipinski definition) is 2. The van der Waals surface area contributed by atoms with Gasteiger partial charge in [0.1, 0.15) is 0 Å². The van der Waals surface area contributed by atoms with E-state index in [1.54, 1.807) is 11.3 Å². The molecule has 0 amide bonds. The number of rotatable bonds is 0. The van der Waals surface area contributed by atoms with E-state index in [9.17, 15) is 0 Å². The summed E-state index contributed by atoms with van der Waals surface area (Å²) in [5, 5.41) is 1.14. The first-order valence-electron chi connectivity index (χ1n) is 3.18. The number of benzene rings is 1. The Hall–Kier alpha value is 0.110. The van der Waals surface area contributed by atoms with Gasteiger partial charge in [-0.1, -0.05) is 12.1 Å². The molecule has 0 radical (unpaired) electrons.